The van der Waals surface area contributed by atoms with E-state index in [9.17, 15) is 9.59 Å². The first kappa shape index (κ1) is 23.3. The molecule has 0 saturated heterocycles. The van der Waals surface area contributed by atoms with Crippen LogP contribution in [0.5, 0.6) is 5.75 Å². The molecule has 174 valence electrons. The third kappa shape index (κ3) is 4.77. The van der Waals surface area contributed by atoms with Crippen molar-refractivity contribution >= 4 is 28.5 Å². The number of benzene rings is 2. The predicted molar refractivity (Wildman–Crippen MR) is 130 cm³/mol. The molecule has 1 aromatic heterocycles. The number of carbonyl (C=O) groups is 1. The molecule has 0 spiro atoms. The number of hydrogen-bond acceptors (Lipinski definition) is 5. The van der Waals surface area contributed by atoms with Crippen LogP contribution >= 0.6 is 11.6 Å². The predicted octanol–water partition coefficient (Wildman–Crippen LogP) is 5.12. The second-order valence-corrected chi connectivity index (χ2v) is 9.08. The van der Waals surface area contributed by atoms with Crippen molar-refractivity contribution in [1.29, 1.82) is 0 Å². The number of halogens is 1. The third-order valence-corrected chi connectivity index (χ3v) is 6.16. The first-order chi connectivity index (χ1) is 15.9. The van der Waals surface area contributed by atoms with Crippen LogP contribution in [-0.4, -0.2) is 49.5 Å². The Morgan fingerprint density at radius 1 is 1.09 bits per heavy atom. The summed E-state index contributed by atoms with van der Waals surface area (Å²) in [5.41, 5.74) is 1.35. The smallest absolute Gasteiger partial charge is 0.290 e. The number of carbonyl (C=O) groups excluding carboxylic acids is 1. The van der Waals surface area contributed by atoms with E-state index in [-0.39, 0.29) is 17.1 Å². The molecule has 0 radical (unpaired) electrons. The summed E-state index contributed by atoms with van der Waals surface area (Å²) in [6.45, 7) is 3.95. The summed E-state index contributed by atoms with van der Waals surface area (Å²) < 4.78 is 11.8. The van der Waals surface area contributed by atoms with Gasteiger partial charge in [0.15, 0.2) is 5.43 Å². The maximum atomic E-state index is 13.5. The van der Waals surface area contributed by atoms with E-state index in [0.29, 0.717) is 41.3 Å². The largest absolute Gasteiger partial charge is 0.494 e. The molecule has 1 aliphatic rings. The van der Waals surface area contributed by atoms with Crippen LogP contribution in [0.1, 0.15) is 53.9 Å². The second kappa shape index (κ2) is 9.98. The SMILES string of the molecule is CCCCCOc1ccc(C2c3c(oc4ccc(Cl)cc4c3=O)C(=O)N2CCN(C)C)cc1. The van der Waals surface area contributed by atoms with Gasteiger partial charge in [-0.15, -0.1) is 0 Å². The average molecular weight is 469 g/mol. The van der Waals surface area contributed by atoms with Crippen LogP contribution < -0.4 is 10.2 Å². The van der Waals surface area contributed by atoms with Gasteiger partial charge in [0, 0.05) is 18.1 Å². The molecular formula is C26H29ClN2O4. The second-order valence-electron chi connectivity index (χ2n) is 8.64. The quantitative estimate of drug-likeness (QED) is 0.408. The van der Waals surface area contributed by atoms with E-state index in [0.717, 1.165) is 30.6 Å². The van der Waals surface area contributed by atoms with Gasteiger partial charge >= 0.3 is 0 Å². The minimum Gasteiger partial charge on any atom is -0.494 e. The lowest BCUT2D eigenvalue weighted by molar-refractivity contribution is 0.0716. The summed E-state index contributed by atoms with van der Waals surface area (Å²) in [5.74, 6) is 0.612. The molecule has 4 rings (SSSR count). The number of likely N-dealkylation sites (N-methyl/N-ethyl adjacent to an activating group) is 1. The van der Waals surface area contributed by atoms with E-state index in [4.69, 9.17) is 20.8 Å². The van der Waals surface area contributed by atoms with Crippen molar-refractivity contribution in [2.24, 2.45) is 0 Å². The molecule has 2 aromatic carbocycles. The highest BCUT2D eigenvalue weighted by Crippen LogP contribution is 2.38. The van der Waals surface area contributed by atoms with Crippen LogP contribution in [0.25, 0.3) is 11.0 Å². The molecule has 7 heteroatoms. The molecule has 0 bridgehead atoms. The lowest BCUT2D eigenvalue weighted by Crippen LogP contribution is -2.35. The van der Waals surface area contributed by atoms with Gasteiger partial charge in [-0.25, -0.2) is 0 Å². The molecule has 1 amide bonds. The Balaban J connectivity index is 1.74. The summed E-state index contributed by atoms with van der Waals surface area (Å²) in [7, 11) is 3.90. The fourth-order valence-electron chi connectivity index (χ4n) is 4.17. The molecular weight excluding hydrogens is 440 g/mol. The molecule has 33 heavy (non-hydrogen) atoms. The number of fused-ring (bicyclic) bond motifs is 2. The van der Waals surface area contributed by atoms with Gasteiger partial charge in [-0.05, 0) is 56.4 Å². The van der Waals surface area contributed by atoms with E-state index in [1.54, 1.807) is 23.1 Å². The van der Waals surface area contributed by atoms with Gasteiger partial charge in [0.25, 0.3) is 5.91 Å². The maximum Gasteiger partial charge on any atom is 0.290 e. The lowest BCUT2D eigenvalue weighted by atomic mass is 9.98. The normalized spacial score (nSPS) is 15.5. The molecule has 0 aliphatic carbocycles. The van der Waals surface area contributed by atoms with Gasteiger partial charge in [0.1, 0.15) is 11.3 Å². The minimum absolute atomic E-state index is 0.110. The zero-order valence-electron chi connectivity index (χ0n) is 19.3. The van der Waals surface area contributed by atoms with Crippen LogP contribution in [0.4, 0.5) is 0 Å². The van der Waals surface area contributed by atoms with Gasteiger partial charge in [0.05, 0.1) is 23.6 Å². The van der Waals surface area contributed by atoms with Crippen LogP contribution in [-0.2, 0) is 0 Å². The highest BCUT2D eigenvalue weighted by atomic mass is 35.5. The van der Waals surface area contributed by atoms with Crippen LogP contribution in [0.15, 0.2) is 51.7 Å². The first-order valence-electron chi connectivity index (χ1n) is 11.4. The van der Waals surface area contributed by atoms with Crippen molar-refractivity contribution in [3.05, 3.63) is 74.6 Å². The third-order valence-electron chi connectivity index (χ3n) is 5.93. The summed E-state index contributed by atoms with van der Waals surface area (Å²) >= 11 is 6.14. The van der Waals surface area contributed by atoms with Crippen molar-refractivity contribution in [3.8, 4) is 5.75 Å². The molecule has 1 unspecified atom stereocenters. The highest BCUT2D eigenvalue weighted by molar-refractivity contribution is 6.31. The van der Waals surface area contributed by atoms with Gasteiger partial charge in [-0.3, -0.25) is 9.59 Å². The maximum absolute atomic E-state index is 13.5. The summed E-state index contributed by atoms with van der Waals surface area (Å²) in [4.78, 5) is 30.6. The number of nitrogens with zero attached hydrogens (tertiary/aromatic N) is 2. The molecule has 0 fully saturated rings. The Kier molecular flexibility index (Phi) is 7.05. The van der Waals surface area contributed by atoms with E-state index in [1.807, 2.05) is 43.3 Å². The minimum atomic E-state index is -0.527. The Labute approximate surface area is 198 Å². The number of ether oxygens (including phenoxy) is 1. The summed E-state index contributed by atoms with van der Waals surface area (Å²) in [6.07, 6.45) is 3.29. The van der Waals surface area contributed by atoms with E-state index in [2.05, 4.69) is 6.92 Å². The van der Waals surface area contributed by atoms with Crippen molar-refractivity contribution in [1.82, 2.24) is 9.80 Å². The Hall–Kier alpha value is -2.83. The van der Waals surface area contributed by atoms with Gasteiger partial charge in [0.2, 0.25) is 5.76 Å². The zero-order valence-corrected chi connectivity index (χ0v) is 20.0. The number of amides is 1. The molecule has 1 atom stereocenters. The Morgan fingerprint density at radius 3 is 2.55 bits per heavy atom. The fraction of sp³-hybridized carbons (Fsp3) is 0.385. The summed E-state index contributed by atoms with van der Waals surface area (Å²) in [5, 5.41) is 0.828. The van der Waals surface area contributed by atoms with Crippen molar-refractivity contribution in [2.75, 3.05) is 33.8 Å². The topological polar surface area (TPSA) is 63.0 Å². The fourth-order valence-corrected chi connectivity index (χ4v) is 4.34. The van der Waals surface area contributed by atoms with E-state index in [1.165, 1.54) is 0 Å². The molecule has 3 aromatic rings. The Bertz CT molecular complexity index is 1200. The molecule has 0 N–H and O–H groups in total. The standard InChI is InChI=1S/C26H29ClN2O4/c1-4-5-6-15-32-19-10-7-17(8-11-19)23-22-24(30)20-16-18(27)9-12-21(20)33-25(22)26(31)29(23)14-13-28(2)3/h7-12,16,23H,4-6,13-15H2,1-3H3. The lowest BCUT2D eigenvalue weighted by Gasteiger charge is -2.26. The molecule has 0 saturated carbocycles. The van der Waals surface area contributed by atoms with Crippen LogP contribution in [0.2, 0.25) is 5.02 Å². The summed E-state index contributed by atoms with van der Waals surface area (Å²) in [6, 6.07) is 12.0. The highest BCUT2D eigenvalue weighted by Gasteiger charge is 2.42. The van der Waals surface area contributed by atoms with Gasteiger partial charge < -0.3 is 19.0 Å². The van der Waals surface area contributed by atoms with Crippen molar-refractivity contribution < 1.29 is 13.9 Å². The van der Waals surface area contributed by atoms with Crippen molar-refractivity contribution in [3.63, 3.8) is 0 Å². The first-order valence-corrected chi connectivity index (χ1v) is 11.7. The van der Waals surface area contributed by atoms with Crippen LogP contribution in [0.3, 0.4) is 0 Å². The number of hydrogen-bond donors (Lipinski definition) is 0. The van der Waals surface area contributed by atoms with E-state index >= 15 is 0 Å². The van der Waals surface area contributed by atoms with Gasteiger partial charge in [-0.1, -0.05) is 43.5 Å². The molecule has 1 aliphatic heterocycles. The number of unbranched alkanes of at least 4 members (excludes halogenated alkanes) is 2. The monoisotopic (exact) mass is 468 g/mol. The molecule has 2 heterocycles. The number of rotatable bonds is 9. The van der Waals surface area contributed by atoms with Crippen molar-refractivity contribution in [2.45, 2.75) is 32.2 Å². The van der Waals surface area contributed by atoms with Gasteiger partial charge in [-0.2, -0.15) is 0 Å². The Morgan fingerprint density at radius 2 is 1.85 bits per heavy atom. The zero-order chi connectivity index (χ0) is 23.5. The molecule has 6 nitrogen and oxygen atoms in total. The van der Waals surface area contributed by atoms with E-state index < -0.39 is 6.04 Å². The van der Waals surface area contributed by atoms with Crippen LogP contribution in [0, 0.1) is 0 Å². The average Bonchev–Trinajstić information content (AvgIpc) is 3.08.